The molecule has 0 aliphatic rings. The lowest BCUT2D eigenvalue weighted by Gasteiger charge is -2.23. The molecular weight excluding hydrogens is 234 g/mol. The first-order chi connectivity index (χ1) is 8.30. The molecule has 6 nitrogen and oxygen atoms in total. The van der Waals surface area contributed by atoms with Crippen LogP contribution in [0.25, 0.3) is 0 Å². The van der Waals surface area contributed by atoms with Crippen LogP contribution in [-0.4, -0.2) is 30.7 Å². The minimum absolute atomic E-state index is 0.267. The average molecular weight is 259 g/mol. The molecule has 0 radical (unpaired) electrons. The Bertz CT molecular complexity index is 274. The van der Waals surface area contributed by atoms with Crippen molar-refractivity contribution in [2.45, 2.75) is 58.6 Å². The molecule has 2 amide bonds. The van der Waals surface area contributed by atoms with E-state index in [4.69, 9.17) is 4.74 Å². The van der Waals surface area contributed by atoms with E-state index < -0.39 is 17.7 Å². The standard InChI is InChI=1S/C12H25N3O3/c1-6-7-8-9(10(16)15-13-5)14-11(17)18-12(2,3)4/h9,13H,6-8H2,1-5H3,(H,14,17)(H,15,16). The van der Waals surface area contributed by atoms with E-state index in [1.807, 2.05) is 6.92 Å². The number of hydrogen-bond donors (Lipinski definition) is 3. The van der Waals surface area contributed by atoms with Gasteiger partial charge in [0.1, 0.15) is 11.6 Å². The van der Waals surface area contributed by atoms with E-state index in [9.17, 15) is 9.59 Å². The van der Waals surface area contributed by atoms with Crippen LogP contribution in [0.5, 0.6) is 0 Å². The number of amides is 2. The van der Waals surface area contributed by atoms with Crippen molar-refractivity contribution < 1.29 is 14.3 Å². The van der Waals surface area contributed by atoms with E-state index in [-0.39, 0.29) is 5.91 Å². The monoisotopic (exact) mass is 259 g/mol. The number of rotatable bonds is 6. The summed E-state index contributed by atoms with van der Waals surface area (Å²) in [5.41, 5.74) is 4.45. The molecule has 3 N–H and O–H groups in total. The number of ether oxygens (including phenoxy) is 1. The molecule has 0 bridgehead atoms. The van der Waals surface area contributed by atoms with Gasteiger partial charge >= 0.3 is 6.09 Å². The lowest BCUT2D eigenvalue weighted by Crippen LogP contribution is -2.50. The summed E-state index contributed by atoms with van der Waals surface area (Å²) >= 11 is 0. The van der Waals surface area contributed by atoms with Crippen LogP contribution in [0, 0.1) is 0 Å². The normalized spacial score (nSPS) is 12.7. The van der Waals surface area contributed by atoms with Gasteiger partial charge in [-0.15, -0.1) is 0 Å². The Morgan fingerprint density at radius 3 is 2.33 bits per heavy atom. The highest BCUT2D eigenvalue weighted by Crippen LogP contribution is 2.08. The highest BCUT2D eigenvalue weighted by molar-refractivity contribution is 5.85. The number of carbonyl (C=O) groups is 2. The summed E-state index contributed by atoms with van der Waals surface area (Å²) in [6, 6.07) is -0.577. The maximum atomic E-state index is 11.7. The summed E-state index contributed by atoms with van der Waals surface area (Å²) in [5, 5.41) is 2.58. The van der Waals surface area contributed by atoms with Crippen molar-refractivity contribution in [3.8, 4) is 0 Å². The molecule has 0 heterocycles. The maximum absolute atomic E-state index is 11.7. The minimum Gasteiger partial charge on any atom is -0.444 e. The van der Waals surface area contributed by atoms with Gasteiger partial charge in [0.05, 0.1) is 0 Å². The molecule has 0 aromatic rings. The minimum atomic E-state index is -0.577. The second-order valence-electron chi connectivity index (χ2n) is 5.08. The number of alkyl carbamates (subject to hydrolysis) is 1. The molecule has 0 fully saturated rings. The Labute approximate surface area is 109 Å². The Balaban J connectivity index is 4.39. The first kappa shape index (κ1) is 16.7. The second kappa shape index (κ2) is 7.92. The number of nitrogens with one attached hydrogen (secondary N) is 3. The molecule has 1 unspecified atom stereocenters. The Morgan fingerprint density at radius 1 is 1.28 bits per heavy atom. The van der Waals surface area contributed by atoms with Crippen LogP contribution in [0.3, 0.4) is 0 Å². The average Bonchev–Trinajstić information content (AvgIpc) is 2.21. The Morgan fingerprint density at radius 2 is 1.89 bits per heavy atom. The van der Waals surface area contributed by atoms with Crippen LogP contribution >= 0.6 is 0 Å². The number of hydrazine groups is 1. The lowest BCUT2D eigenvalue weighted by molar-refractivity contribution is -0.124. The summed E-state index contributed by atoms with van der Waals surface area (Å²) in [5.74, 6) is -0.267. The van der Waals surface area contributed by atoms with Crippen molar-refractivity contribution in [1.29, 1.82) is 0 Å². The van der Waals surface area contributed by atoms with Gasteiger partial charge in [-0.05, 0) is 27.2 Å². The second-order valence-corrected chi connectivity index (χ2v) is 5.08. The van der Waals surface area contributed by atoms with E-state index >= 15 is 0 Å². The molecule has 1 atom stereocenters. The predicted molar refractivity (Wildman–Crippen MR) is 69.9 cm³/mol. The molecule has 6 heteroatoms. The van der Waals surface area contributed by atoms with Crippen molar-refractivity contribution in [2.75, 3.05) is 7.05 Å². The van der Waals surface area contributed by atoms with Crippen molar-refractivity contribution in [2.24, 2.45) is 0 Å². The van der Waals surface area contributed by atoms with E-state index in [1.165, 1.54) is 0 Å². The van der Waals surface area contributed by atoms with Gasteiger partial charge in [0.25, 0.3) is 5.91 Å². The zero-order chi connectivity index (χ0) is 14.2. The largest absolute Gasteiger partial charge is 0.444 e. The quantitative estimate of drug-likeness (QED) is 0.629. The molecule has 0 spiro atoms. The third kappa shape index (κ3) is 7.89. The van der Waals surface area contributed by atoms with Crippen LogP contribution in [0.1, 0.15) is 47.0 Å². The van der Waals surface area contributed by atoms with Crippen molar-refractivity contribution in [3.05, 3.63) is 0 Å². The smallest absolute Gasteiger partial charge is 0.408 e. The summed E-state index contributed by atoms with van der Waals surface area (Å²) in [6.07, 6.45) is 1.83. The summed E-state index contributed by atoms with van der Waals surface area (Å²) < 4.78 is 5.13. The van der Waals surface area contributed by atoms with Crippen LogP contribution in [0.2, 0.25) is 0 Å². The number of carbonyl (C=O) groups excluding carboxylic acids is 2. The molecular formula is C12H25N3O3. The number of hydrogen-bond acceptors (Lipinski definition) is 4. The van der Waals surface area contributed by atoms with E-state index in [0.717, 1.165) is 12.8 Å². The predicted octanol–water partition coefficient (Wildman–Crippen LogP) is 1.32. The van der Waals surface area contributed by atoms with Gasteiger partial charge in [0.2, 0.25) is 0 Å². The first-order valence-corrected chi connectivity index (χ1v) is 6.26. The fourth-order valence-electron chi connectivity index (χ4n) is 1.34. The third-order valence-corrected chi connectivity index (χ3v) is 2.10. The van der Waals surface area contributed by atoms with Gasteiger partial charge in [0, 0.05) is 7.05 Å². The van der Waals surface area contributed by atoms with Crippen LogP contribution in [-0.2, 0) is 9.53 Å². The van der Waals surface area contributed by atoms with Gasteiger partial charge < -0.3 is 10.1 Å². The first-order valence-electron chi connectivity index (χ1n) is 6.26. The Kier molecular flexibility index (Phi) is 7.35. The molecule has 0 aromatic heterocycles. The summed E-state index contributed by atoms with van der Waals surface area (Å²) in [6.45, 7) is 7.37. The van der Waals surface area contributed by atoms with E-state index in [2.05, 4.69) is 16.2 Å². The fraction of sp³-hybridized carbons (Fsp3) is 0.833. The SMILES string of the molecule is CCCCC(NC(=O)OC(C)(C)C)C(=O)NNC. The molecule has 0 aliphatic heterocycles. The highest BCUT2D eigenvalue weighted by atomic mass is 16.6. The third-order valence-electron chi connectivity index (χ3n) is 2.10. The summed E-state index contributed by atoms with van der Waals surface area (Å²) in [7, 11) is 1.60. The van der Waals surface area contributed by atoms with Gasteiger partial charge in [-0.1, -0.05) is 19.8 Å². The number of unbranched alkanes of at least 4 members (excludes halogenated alkanes) is 1. The van der Waals surface area contributed by atoms with Crippen LogP contribution < -0.4 is 16.2 Å². The molecule has 0 saturated carbocycles. The zero-order valence-corrected chi connectivity index (χ0v) is 11.9. The van der Waals surface area contributed by atoms with Crippen LogP contribution in [0.4, 0.5) is 4.79 Å². The van der Waals surface area contributed by atoms with Gasteiger partial charge in [-0.2, -0.15) is 0 Å². The topological polar surface area (TPSA) is 79.5 Å². The molecule has 18 heavy (non-hydrogen) atoms. The maximum Gasteiger partial charge on any atom is 0.408 e. The molecule has 106 valence electrons. The molecule has 0 aromatic carbocycles. The van der Waals surface area contributed by atoms with Crippen molar-refractivity contribution >= 4 is 12.0 Å². The molecule has 0 aliphatic carbocycles. The van der Waals surface area contributed by atoms with Crippen molar-refractivity contribution in [1.82, 2.24) is 16.2 Å². The molecule has 0 saturated heterocycles. The lowest BCUT2D eigenvalue weighted by atomic mass is 10.1. The van der Waals surface area contributed by atoms with E-state index in [0.29, 0.717) is 6.42 Å². The van der Waals surface area contributed by atoms with Gasteiger partial charge in [-0.25, -0.2) is 10.2 Å². The van der Waals surface area contributed by atoms with Crippen LogP contribution in [0.15, 0.2) is 0 Å². The van der Waals surface area contributed by atoms with Gasteiger partial charge in [0.15, 0.2) is 0 Å². The summed E-state index contributed by atoms with van der Waals surface area (Å²) in [4.78, 5) is 23.3. The van der Waals surface area contributed by atoms with E-state index in [1.54, 1.807) is 27.8 Å². The van der Waals surface area contributed by atoms with Gasteiger partial charge in [-0.3, -0.25) is 10.2 Å². The Hall–Kier alpha value is -1.30. The fourth-order valence-corrected chi connectivity index (χ4v) is 1.34. The highest BCUT2D eigenvalue weighted by Gasteiger charge is 2.23. The zero-order valence-electron chi connectivity index (χ0n) is 11.9. The van der Waals surface area contributed by atoms with Crippen molar-refractivity contribution in [3.63, 3.8) is 0 Å². The molecule has 0 rings (SSSR count).